The second kappa shape index (κ2) is 9.40. The number of hydrogen-bond donors (Lipinski definition) is 2. The molecular formula is C20H22N2O6. The van der Waals surface area contributed by atoms with Gasteiger partial charge in [0.25, 0.3) is 11.8 Å². The maximum absolute atomic E-state index is 12.7. The number of aryl methyl sites for hydroxylation is 1. The summed E-state index contributed by atoms with van der Waals surface area (Å²) >= 11 is 0. The molecule has 0 spiro atoms. The van der Waals surface area contributed by atoms with Crippen LogP contribution in [0.5, 0.6) is 11.5 Å². The van der Waals surface area contributed by atoms with Crippen molar-refractivity contribution in [3.05, 3.63) is 53.6 Å². The summed E-state index contributed by atoms with van der Waals surface area (Å²) in [7, 11) is 3.24. The van der Waals surface area contributed by atoms with E-state index < -0.39 is 18.5 Å². The molecule has 0 aromatic heterocycles. The van der Waals surface area contributed by atoms with Crippen LogP contribution in [0.1, 0.15) is 15.9 Å². The Balaban J connectivity index is 2.10. The lowest BCUT2D eigenvalue weighted by molar-refractivity contribution is -0.139. The first-order chi connectivity index (χ1) is 13.3. The van der Waals surface area contributed by atoms with Crippen molar-refractivity contribution < 1.29 is 29.0 Å². The number of carbonyl (C=O) groups is 3. The zero-order valence-electron chi connectivity index (χ0n) is 15.9. The van der Waals surface area contributed by atoms with Crippen molar-refractivity contribution in [3.63, 3.8) is 0 Å². The minimum absolute atomic E-state index is 0.175. The summed E-state index contributed by atoms with van der Waals surface area (Å²) in [6.45, 7) is 1.15. The normalized spacial score (nSPS) is 10.1. The Kier molecular flexibility index (Phi) is 6.97. The molecule has 0 aliphatic heterocycles. The summed E-state index contributed by atoms with van der Waals surface area (Å²) in [6, 6.07) is 11.5. The summed E-state index contributed by atoms with van der Waals surface area (Å²) in [4.78, 5) is 36.4. The zero-order valence-corrected chi connectivity index (χ0v) is 15.9. The first kappa shape index (κ1) is 20.8. The van der Waals surface area contributed by atoms with E-state index >= 15 is 0 Å². The molecule has 0 atom stereocenters. The van der Waals surface area contributed by atoms with Crippen molar-refractivity contribution in [3.8, 4) is 11.5 Å². The molecule has 0 bridgehead atoms. The number of aliphatic carboxylic acids is 1. The summed E-state index contributed by atoms with van der Waals surface area (Å²) in [5.41, 5.74) is 1.55. The lowest BCUT2D eigenvalue weighted by Crippen LogP contribution is -2.28. The topological polar surface area (TPSA) is 105 Å². The average molecular weight is 386 g/mol. The number of likely N-dealkylation sites (N-methyl/N-ethyl adjacent to an activating group) is 1. The second-order valence-electron chi connectivity index (χ2n) is 6.19. The van der Waals surface area contributed by atoms with E-state index in [0.717, 1.165) is 0 Å². The highest BCUT2D eigenvalue weighted by Gasteiger charge is 2.15. The number of carboxylic acids is 1. The summed E-state index contributed by atoms with van der Waals surface area (Å²) < 4.78 is 10.6. The molecule has 2 amide bonds. The highest BCUT2D eigenvalue weighted by molar-refractivity contribution is 6.06. The zero-order chi connectivity index (χ0) is 20.7. The third-order valence-electron chi connectivity index (χ3n) is 3.79. The molecule has 0 radical (unpaired) electrons. The van der Waals surface area contributed by atoms with Gasteiger partial charge in [0.15, 0.2) is 13.2 Å². The van der Waals surface area contributed by atoms with Crippen LogP contribution in [-0.4, -0.2) is 55.1 Å². The predicted octanol–water partition coefficient (Wildman–Crippen LogP) is 2.18. The molecule has 0 unspecified atom stereocenters. The Morgan fingerprint density at radius 3 is 2.39 bits per heavy atom. The van der Waals surface area contributed by atoms with Crippen molar-refractivity contribution in [2.24, 2.45) is 0 Å². The van der Waals surface area contributed by atoms with E-state index in [2.05, 4.69) is 5.32 Å². The van der Waals surface area contributed by atoms with Crippen LogP contribution in [0, 0.1) is 6.92 Å². The molecule has 0 saturated carbocycles. The van der Waals surface area contributed by atoms with E-state index in [1.54, 1.807) is 63.5 Å². The quantitative estimate of drug-likeness (QED) is 0.720. The third kappa shape index (κ3) is 5.73. The molecule has 2 N–H and O–H groups in total. The Bertz CT molecular complexity index is 879. The van der Waals surface area contributed by atoms with Crippen molar-refractivity contribution in [1.29, 1.82) is 0 Å². The standard InChI is InChI=1S/C20H22N2O6/c1-13-10-14(27-12-19(24)25)8-9-16(13)21-20(26)15-6-4-5-7-17(15)28-11-18(23)22(2)3/h4-10H,11-12H2,1-3H3,(H,21,26)(H,24,25). The van der Waals surface area contributed by atoms with Gasteiger partial charge in [-0.15, -0.1) is 0 Å². The van der Waals surface area contributed by atoms with Gasteiger partial charge in [-0.25, -0.2) is 4.79 Å². The van der Waals surface area contributed by atoms with Crippen LogP contribution in [-0.2, 0) is 9.59 Å². The number of anilines is 1. The minimum Gasteiger partial charge on any atom is -0.483 e. The molecule has 28 heavy (non-hydrogen) atoms. The van der Waals surface area contributed by atoms with E-state index in [9.17, 15) is 14.4 Å². The lowest BCUT2D eigenvalue weighted by Gasteiger charge is -2.15. The fourth-order valence-corrected chi connectivity index (χ4v) is 2.25. The maximum atomic E-state index is 12.7. The molecule has 0 heterocycles. The molecule has 148 valence electrons. The van der Waals surface area contributed by atoms with Crippen LogP contribution in [0.25, 0.3) is 0 Å². The third-order valence-corrected chi connectivity index (χ3v) is 3.79. The number of nitrogens with one attached hydrogen (secondary N) is 1. The highest BCUT2D eigenvalue weighted by atomic mass is 16.5. The number of hydrogen-bond acceptors (Lipinski definition) is 5. The van der Waals surface area contributed by atoms with Crippen LogP contribution in [0.2, 0.25) is 0 Å². The summed E-state index contributed by atoms with van der Waals surface area (Å²) in [6.07, 6.45) is 0. The number of para-hydroxylation sites is 1. The predicted molar refractivity (Wildman–Crippen MR) is 103 cm³/mol. The molecule has 8 heteroatoms. The highest BCUT2D eigenvalue weighted by Crippen LogP contribution is 2.24. The van der Waals surface area contributed by atoms with E-state index in [1.807, 2.05) is 0 Å². The van der Waals surface area contributed by atoms with Gasteiger partial charge in [0, 0.05) is 19.8 Å². The van der Waals surface area contributed by atoms with Gasteiger partial charge in [0.05, 0.1) is 5.56 Å². The SMILES string of the molecule is Cc1cc(OCC(=O)O)ccc1NC(=O)c1ccccc1OCC(=O)N(C)C. The number of amides is 2. The largest absolute Gasteiger partial charge is 0.483 e. The van der Waals surface area contributed by atoms with Crippen LogP contribution >= 0.6 is 0 Å². The Morgan fingerprint density at radius 2 is 1.75 bits per heavy atom. The Morgan fingerprint density at radius 1 is 1.04 bits per heavy atom. The number of benzene rings is 2. The van der Waals surface area contributed by atoms with E-state index in [-0.39, 0.29) is 12.5 Å². The Hall–Kier alpha value is -3.55. The molecule has 2 rings (SSSR count). The fraction of sp³-hybridized carbons (Fsp3) is 0.250. The van der Waals surface area contributed by atoms with E-state index in [1.165, 1.54) is 4.90 Å². The smallest absolute Gasteiger partial charge is 0.341 e. The number of rotatable bonds is 8. The summed E-state index contributed by atoms with van der Waals surface area (Å²) in [5.74, 6) is -0.990. The van der Waals surface area contributed by atoms with Gasteiger partial charge in [-0.3, -0.25) is 9.59 Å². The van der Waals surface area contributed by atoms with Crippen LogP contribution < -0.4 is 14.8 Å². The van der Waals surface area contributed by atoms with Crippen LogP contribution in [0.4, 0.5) is 5.69 Å². The van der Waals surface area contributed by atoms with Gasteiger partial charge in [-0.05, 0) is 42.8 Å². The lowest BCUT2D eigenvalue weighted by atomic mass is 10.1. The molecule has 8 nitrogen and oxygen atoms in total. The van der Waals surface area contributed by atoms with Crippen molar-refractivity contribution in [2.45, 2.75) is 6.92 Å². The van der Waals surface area contributed by atoms with Crippen molar-refractivity contribution >= 4 is 23.5 Å². The van der Waals surface area contributed by atoms with E-state index in [0.29, 0.717) is 28.3 Å². The molecular weight excluding hydrogens is 364 g/mol. The van der Waals surface area contributed by atoms with Gasteiger partial charge in [0.1, 0.15) is 11.5 Å². The van der Waals surface area contributed by atoms with Crippen LogP contribution in [0.15, 0.2) is 42.5 Å². The number of ether oxygens (including phenoxy) is 2. The molecule has 0 fully saturated rings. The fourth-order valence-electron chi connectivity index (χ4n) is 2.25. The van der Waals surface area contributed by atoms with Crippen LogP contribution in [0.3, 0.4) is 0 Å². The molecule has 0 saturated heterocycles. The van der Waals surface area contributed by atoms with Crippen molar-refractivity contribution in [1.82, 2.24) is 4.90 Å². The second-order valence-corrected chi connectivity index (χ2v) is 6.19. The molecule has 0 aliphatic carbocycles. The first-order valence-electron chi connectivity index (χ1n) is 8.46. The molecule has 2 aromatic rings. The minimum atomic E-state index is -1.07. The number of carbonyl (C=O) groups excluding carboxylic acids is 2. The van der Waals surface area contributed by atoms with Gasteiger partial charge < -0.3 is 24.8 Å². The number of carboxylic acid groups (broad SMARTS) is 1. The first-order valence-corrected chi connectivity index (χ1v) is 8.46. The summed E-state index contributed by atoms with van der Waals surface area (Å²) in [5, 5.41) is 11.4. The van der Waals surface area contributed by atoms with Gasteiger partial charge >= 0.3 is 5.97 Å². The molecule has 2 aromatic carbocycles. The van der Waals surface area contributed by atoms with Gasteiger partial charge in [0.2, 0.25) is 0 Å². The van der Waals surface area contributed by atoms with Crippen molar-refractivity contribution in [2.75, 3.05) is 32.6 Å². The van der Waals surface area contributed by atoms with Gasteiger partial charge in [-0.1, -0.05) is 12.1 Å². The Labute approximate surface area is 162 Å². The average Bonchev–Trinajstić information content (AvgIpc) is 2.66. The van der Waals surface area contributed by atoms with Gasteiger partial charge in [-0.2, -0.15) is 0 Å². The maximum Gasteiger partial charge on any atom is 0.341 e. The van der Waals surface area contributed by atoms with E-state index in [4.69, 9.17) is 14.6 Å². The number of nitrogens with zero attached hydrogens (tertiary/aromatic N) is 1. The molecule has 0 aliphatic rings. The monoisotopic (exact) mass is 386 g/mol.